The Hall–Kier alpha value is -1.94. The minimum Gasteiger partial charge on any atom is -0.354 e. The van der Waals surface area contributed by atoms with Crippen LogP contribution in [0.4, 0.5) is 5.95 Å². The Kier molecular flexibility index (Phi) is 4.68. The van der Waals surface area contributed by atoms with E-state index in [1.165, 1.54) is 18.4 Å². The van der Waals surface area contributed by atoms with Gasteiger partial charge in [-0.2, -0.15) is 0 Å². The molecule has 1 aliphatic heterocycles. The Morgan fingerprint density at radius 2 is 1.82 bits per heavy atom. The van der Waals surface area contributed by atoms with Crippen LogP contribution in [0.5, 0.6) is 0 Å². The average molecular weight is 296 g/mol. The van der Waals surface area contributed by atoms with Crippen LogP contribution in [-0.4, -0.2) is 29.6 Å². The van der Waals surface area contributed by atoms with E-state index < -0.39 is 0 Å². The summed E-state index contributed by atoms with van der Waals surface area (Å²) in [7, 11) is 0. The maximum atomic E-state index is 4.68. The SMILES string of the molecule is Cc1ccc(-c2cc(C)nc(NCC3CCNCC3)n2)cc1. The van der Waals surface area contributed by atoms with Crippen molar-refractivity contribution in [1.29, 1.82) is 0 Å². The molecule has 3 rings (SSSR count). The van der Waals surface area contributed by atoms with E-state index in [1.54, 1.807) is 0 Å². The fraction of sp³-hybridized carbons (Fsp3) is 0.444. The number of benzene rings is 1. The number of hydrogen-bond acceptors (Lipinski definition) is 4. The summed E-state index contributed by atoms with van der Waals surface area (Å²) >= 11 is 0. The van der Waals surface area contributed by atoms with Crippen molar-refractivity contribution in [3.63, 3.8) is 0 Å². The first kappa shape index (κ1) is 15.0. The van der Waals surface area contributed by atoms with Crippen LogP contribution in [0.25, 0.3) is 11.3 Å². The molecule has 2 aromatic rings. The highest BCUT2D eigenvalue weighted by atomic mass is 15.1. The van der Waals surface area contributed by atoms with Crippen LogP contribution < -0.4 is 10.6 Å². The third kappa shape index (κ3) is 3.83. The number of piperidine rings is 1. The zero-order valence-electron chi connectivity index (χ0n) is 13.4. The van der Waals surface area contributed by atoms with Gasteiger partial charge in [-0.05, 0) is 51.8 Å². The van der Waals surface area contributed by atoms with Gasteiger partial charge in [0.25, 0.3) is 0 Å². The molecule has 4 nitrogen and oxygen atoms in total. The lowest BCUT2D eigenvalue weighted by Crippen LogP contribution is -2.31. The predicted octanol–water partition coefficient (Wildman–Crippen LogP) is 3.17. The van der Waals surface area contributed by atoms with Crippen molar-refractivity contribution in [2.75, 3.05) is 25.0 Å². The number of nitrogens with one attached hydrogen (secondary N) is 2. The van der Waals surface area contributed by atoms with Gasteiger partial charge in [-0.25, -0.2) is 9.97 Å². The molecule has 0 atom stereocenters. The van der Waals surface area contributed by atoms with Gasteiger partial charge in [-0.3, -0.25) is 0 Å². The zero-order valence-corrected chi connectivity index (χ0v) is 13.4. The van der Waals surface area contributed by atoms with E-state index in [2.05, 4.69) is 51.8 Å². The fourth-order valence-corrected chi connectivity index (χ4v) is 2.84. The molecule has 0 unspecified atom stereocenters. The van der Waals surface area contributed by atoms with Crippen LogP contribution in [0.2, 0.25) is 0 Å². The first-order valence-electron chi connectivity index (χ1n) is 8.08. The Morgan fingerprint density at radius 1 is 1.09 bits per heavy atom. The summed E-state index contributed by atoms with van der Waals surface area (Å²) in [6.45, 7) is 7.32. The lowest BCUT2D eigenvalue weighted by atomic mass is 9.98. The summed E-state index contributed by atoms with van der Waals surface area (Å²) in [4.78, 5) is 9.20. The zero-order chi connectivity index (χ0) is 15.4. The Morgan fingerprint density at radius 3 is 2.55 bits per heavy atom. The van der Waals surface area contributed by atoms with E-state index in [4.69, 9.17) is 0 Å². The molecular formula is C18H24N4. The molecule has 1 aliphatic rings. The largest absolute Gasteiger partial charge is 0.354 e. The van der Waals surface area contributed by atoms with Crippen LogP contribution in [0.15, 0.2) is 30.3 Å². The Labute approximate surface area is 132 Å². The average Bonchev–Trinajstić information content (AvgIpc) is 2.54. The first-order chi connectivity index (χ1) is 10.7. The quantitative estimate of drug-likeness (QED) is 0.910. The summed E-state index contributed by atoms with van der Waals surface area (Å²) in [6.07, 6.45) is 2.45. The van der Waals surface area contributed by atoms with Crippen LogP contribution in [0.1, 0.15) is 24.1 Å². The molecule has 0 radical (unpaired) electrons. The second-order valence-corrected chi connectivity index (χ2v) is 6.16. The maximum Gasteiger partial charge on any atom is 0.223 e. The van der Waals surface area contributed by atoms with E-state index in [0.29, 0.717) is 5.92 Å². The third-order valence-corrected chi connectivity index (χ3v) is 4.21. The maximum absolute atomic E-state index is 4.68. The highest BCUT2D eigenvalue weighted by Crippen LogP contribution is 2.20. The number of rotatable bonds is 4. The molecule has 1 saturated heterocycles. The lowest BCUT2D eigenvalue weighted by Gasteiger charge is -2.22. The van der Waals surface area contributed by atoms with Crippen molar-refractivity contribution in [3.8, 4) is 11.3 Å². The van der Waals surface area contributed by atoms with Crippen molar-refractivity contribution < 1.29 is 0 Å². The minimum atomic E-state index is 0.716. The van der Waals surface area contributed by atoms with Gasteiger partial charge in [0.05, 0.1) is 5.69 Å². The van der Waals surface area contributed by atoms with E-state index in [9.17, 15) is 0 Å². The van der Waals surface area contributed by atoms with Crippen LogP contribution in [0, 0.1) is 19.8 Å². The van der Waals surface area contributed by atoms with E-state index >= 15 is 0 Å². The number of hydrogen-bond donors (Lipinski definition) is 2. The highest BCUT2D eigenvalue weighted by molar-refractivity contribution is 5.61. The first-order valence-corrected chi connectivity index (χ1v) is 8.08. The molecule has 0 saturated carbocycles. The van der Waals surface area contributed by atoms with Gasteiger partial charge < -0.3 is 10.6 Å². The second kappa shape index (κ2) is 6.88. The number of anilines is 1. The minimum absolute atomic E-state index is 0.716. The summed E-state index contributed by atoms with van der Waals surface area (Å²) in [5.74, 6) is 1.46. The van der Waals surface area contributed by atoms with Gasteiger partial charge in [-0.15, -0.1) is 0 Å². The Bertz CT molecular complexity index is 615. The number of nitrogens with zero attached hydrogens (tertiary/aromatic N) is 2. The van der Waals surface area contributed by atoms with Crippen molar-refractivity contribution in [1.82, 2.24) is 15.3 Å². The van der Waals surface area contributed by atoms with Gasteiger partial charge >= 0.3 is 0 Å². The van der Waals surface area contributed by atoms with Crippen LogP contribution in [-0.2, 0) is 0 Å². The molecule has 2 N–H and O–H groups in total. The van der Waals surface area contributed by atoms with Crippen molar-refractivity contribution >= 4 is 5.95 Å². The number of aryl methyl sites for hydroxylation is 2. The van der Waals surface area contributed by atoms with E-state index in [-0.39, 0.29) is 0 Å². The standard InChI is InChI=1S/C18H24N4/c1-13-3-5-16(6-4-13)17-11-14(2)21-18(22-17)20-12-15-7-9-19-10-8-15/h3-6,11,15,19H,7-10,12H2,1-2H3,(H,20,21,22). The number of aromatic nitrogens is 2. The van der Waals surface area contributed by atoms with Crippen LogP contribution >= 0.6 is 0 Å². The topological polar surface area (TPSA) is 49.8 Å². The summed E-state index contributed by atoms with van der Waals surface area (Å²) < 4.78 is 0. The molecule has 2 heterocycles. The smallest absolute Gasteiger partial charge is 0.223 e. The fourth-order valence-electron chi connectivity index (χ4n) is 2.84. The lowest BCUT2D eigenvalue weighted by molar-refractivity contribution is 0.389. The van der Waals surface area contributed by atoms with Crippen LogP contribution in [0.3, 0.4) is 0 Å². The molecule has 0 amide bonds. The second-order valence-electron chi connectivity index (χ2n) is 6.16. The molecule has 0 aliphatic carbocycles. The molecule has 1 aromatic carbocycles. The molecule has 0 bridgehead atoms. The van der Waals surface area contributed by atoms with Crippen molar-refractivity contribution in [2.45, 2.75) is 26.7 Å². The third-order valence-electron chi connectivity index (χ3n) is 4.21. The van der Waals surface area contributed by atoms with Gasteiger partial charge in [0.2, 0.25) is 5.95 Å². The van der Waals surface area contributed by atoms with E-state index in [0.717, 1.165) is 42.5 Å². The van der Waals surface area contributed by atoms with Crippen molar-refractivity contribution in [3.05, 3.63) is 41.6 Å². The van der Waals surface area contributed by atoms with Crippen molar-refractivity contribution in [2.24, 2.45) is 5.92 Å². The molecule has 1 aromatic heterocycles. The molecular weight excluding hydrogens is 272 g/mol. The van der Waals surface area contributed by atoms with Gasteiger partial charge in [-0.1, -0.05) is 29.8 Å². The highest BCUT2D eigenvalue weighted by Gasteiger charge is 2.13. The summed E-state index contributed by atoms with van der Waals surface area (Å²) in [6, 6.07) is 10.5. The normalized spacial score (nSPS) is 15.7. The molecule has 22 heavy (non-hydrogen) atoms. The van der Waals surface area contributed by atoms with Gasteiger partial charge in [0.15, 0.2) is 0 Å². The molecule has 0 spiro atoms. The van der Waals surface area contributed by atoms with Gasteiger partial charge in [0.1, 0.15) is 0 Å². The summed E-state index contributed by atoms with van der Waals surface area (Å²) in [5, 5.41) is 6.82. The Balaban J connectivity index is 1.73. The molecule has 1 fully saturated rings. The molecule has 116 valence electrons. The molecule has 4 heteroatoms. The monoisotopic (exact) mass is 296 g/mol. The predicted molar refractivity (Wildman–Crippen MR) is 91.0 cm³/mol. The summed E-state index contributed by atoms with van der Waals surface area (Å²) in [5.41, 5.74) is 4.39. The van der Waals surface area contributed by atoms with Gasteiger partial charge in [0, 0.05) is 17.8 Å². The van der Waals surface area contributed by atoms with E-state index in [1.807, 2.05) is 13.0 Å².